The molecule has 4 saturated carbocycles. The van der Waals surface area contributed by atoms with E-state index >= 15 is 0 Å². The van der Waals surface area contributed by atoms with Crippen molar-refractivity contribution in [1.82, 2.24) is 0 Å². The number of aliphatic hydroxyl groups is 3. The topological polar surface area (TPSA) is 60.7 Å². The summed E-state index contributed by atoms with van der Waals surface area (Å²) in [7, 11) is 0. The molecule has 4 rings (SSSR count). The molecule has 2 unspecified atom stereocenters. The molecule has 4 aliphatic carbocycles. The summed E-state index contributed by atoms with van der Waals surface area (Å²) in [4.78, 5) is 0. The van der Waals surface area contributed by atoms with Gasteiger partial charge >= 0.3 is 0 Å². The van der Waals surface area contributed by atoms with Gasteiger partial charge < -0.3 is 15.3 Å². The van der Waals surface area contributed by atoms with Crippen LogP contribution in [-0.2, 0) is 0 Å². The second-order valence-corrected chi connectivity index (χ2v) is 10.5. The van der Waals surface area contributed by atoms with E-state index in [1.807, 2.05) is 6.92 Å². The van der Waals surface area contributed by atoms with Gasteiger partial charge in [-0.2, -0.15) is 0 Å². The normalized spacial score (nSPS) is 63.4. The highest BCUT2D eigenvalue weighted by atomic mass is 35.5. The molecule has 3 N–H and O–H groups in total. The minimum Gasteiger partial charge on any atom is -0.392 e. The molecule has 138 valence electrons. The Morgan fingerprint density at radius 2 is 1.58 bits per heavy atom. The highest BCUT2D eigenvalue weighted by Gasteiger charge is 2.66. The molecule has 0 aliphatic heterocycles. The van der Waals surface area contributed by atoms with E-state index in [4.69, 9.17) is 11.6 Å². The number of fused-ring (bicyclic) bond motifs is 5. The van der Waals surface area contributed by atoms with Gasteiger partial charge in [0.25, 0.3) is 0 Å². The molecule has 4 heteroatoms. The number of alkyl halides is 1. The van der Waals surface area contributed by atoms with E-state index in [2.05, 4.69) is 13.8 Å². The lowest BCUT2D eigenvalue weighted by atomic mass is 9.44. The Morgan fingerprint density at radius 1 is 0.875 bits per heavy atom. The molecule has 4 fully saturated rings. The Kier molecular flexibility index (Phi) is 3.91. The molecule has 0 aromatic heterocycles. The van der Waals surface area contributed by atoms with Crippen molar-refractivity contribution >= 4 is 11.6 Å². The third kappa shape index (κ3) is 2.02. The minimum atomic E-state index is -0.974. The predicted molar refractivity (Wildman–Crippen MR) is 94.8 cm³/mol. The molecule has 0 heterocycles. The van der Waals surface area contributed by atoms with E-state index in [0.717, 1.165) is 44.9 Å². The third-order valence-electron chi connectivity index (χ3n) is 9.34. The summed E-state index contributed by atoms with van der Waals surface area (Å²) in [5.41, 5.74) is -0.946. The standard InChI is InChI=1S/C20H33ClO3/c1-18-8-7-15(22)17(21)13(18)5-4-11-12(18)6-9-19(2)14(11)10-16(23)20(19,3)24/h11-17,22-24H,4-10H2,1-3H3/t11-,12+,13-,14+,15-,16?,17?,18-,19+,20+/m1/s1. The Labute approximate surface area is 150 Å². The molecular formula is C20H33ClO3. The first-order valence-corrected chi connectivity index (χ1v) is 10.3. The highest BCUT2D eigenvalue weighted by molar-refractivity contribution is 6.21. The maximum atomic E-state index is 11.0. The van der Waals surface area contributed by atoms with Crippen molar-refractivity contribution in [2.75, 3.05) is 0 Å². The van der Waals surface area contributed by atoms with E-state index in [0.29, 0.717) is 23.7 Å². The Morgan fingerprint density at radius 3 is 2.29 bits per heavy atom. The second-order valence-electron chi connectivity index (χ2n) is 9.97. The Bertz CT molecular complexity index is 523. The van der Waals surface area contributed by atoms with Gasteiger partial charge in [-0.3, -0.25) is 0 Å². The summed E-state index contributed by atoms with van der Waals surface area (Å²) in [6, 6.07) is 0. The van der Waals surface area contributed by atoms with Gasteiger partial charge in [0, 0.05) is 5.41 Å². The Hall–Kier alpha value is 0.170. The van der Waals surface area contributed by atoms with Crippen LogP contribution in [0.5, 0.6) is 0 Å². The van der Waals surface area contributed by atoms with Gasteiger partial charge in [-0.1, -0.05) is 13.8 Å². The van der Waals surface area contributed by atoms with Gasteiger partial charge in [-0.15, -0.1) is 11.6 Å². The van der Waals surface area contributed by atoms with Gasteiger partial charge in [-0.05, 0) is 81.0 Å². The molecule has 0 saturated heterocycles. The van der Waals surface area contributed by atoms with Crippen molar-refractivity contribution in [3.8, 4) is 0 Å². The van der Waals surface area contributed by atoms with Crippen molar-refractivity contribution in [2.24, 2.45) is 34.5 Å². The molecule has 0 radical (unpaired) electrons. The fourth-order valence-electron chi connectivity index (χ4n) is 7.50. The lowest BCUT2D eigenvalue weighted by Crippen LogP contribution is -2.59. The molecule has 0 aromatic rings. The maximum absolute atomic E-state index is 11.0. The van der Waals surface area contributed by atoms with Crippen LogP contribution in [-0.4, -0.2) is 38.5 Å². The van der Waals surface area contributed by atoms with Crippen LogP contribution in [0.1, 0.15) is 65.7 Å². The zero-order valence-corrected chi connectivity index (χ0v) is 16.0. The van der Waals surface area contributed by atoms with Crippen LogP contribution in [0.4, 0.5) is 0 Å². The molecule has 0 spiro atoms. The van der Waals surface area contributed by atoms with E-state index in [1.165, 1.54) is 0 Å². The largest absolute Gasteiger partial charge is 0.392 e. The third-order valence-corrected chi connectivity index (χ3v) is 9.94. The highest BCUT2D eigenvalue weighted by Crippen LogP contribution is 2.68. The summed E-state index contributed by atoms with van der Waals surface area (Å²) in [5.74, 6) is 2.00. The fraction of sp³-hybridized carbons (Fsp3) is 1.00. The van der Waals surface area contributed by atoms with Crippen LogP contribution >= 0.6 is 11.6 Å². The SMILES string of the molecule is C[C@]12CC[C@@H](O)C(Cl)[C@H]1CC[C@@H]1[C@@H]2CC[C@@]2(C)[C@H]1CC(O)[C@]2(C)O. The summed E-state index contributed by atoms with van der Waals surface area (Å²) in [6.07, 6.45) is 5.96. The van der Waals surface area contributed by atoms with Crippen LogP contribution in [0.2, 0.25) is 0 Å². The molecule has 24 heavy (non-hydrogen) atoms. The van der Waals surface area contributed by atoms with Gasteiger partial charge in [0.05, 0.1) is 23.2 Å². The summed E-state index contributed by atoms with van der Waals surface area (Å²) in [6.45, 7) is 6.45. The number of halogens is 1. The lowest BCUT2D eigenvalue weighted by Gasteiger charge is -2.62. The lowest BCUT2D eigenvalue weighted by molar-refractivity contribution is -0.164. The molecule has 0 bridgehead atoms. The molecule has 10 atom stereocenters. The number of hydrogen-bond acceptors (Lipinski definition) is 3. The number of hydrogen-bond donors (Lipinski definition) is 3. The van der Waals surface area contributed by atoms with Crippen LogP contribution in [0, 0.1) is 34.5 Å². The summed E-state index contributed by atoms with van der Waals surface area (Å²) in [5, 5.41) is 31.6. The molecule has 0 amide bonds. The number of rotatable bonds is 0. The van der Waals surface area contributed by atoms with Crippen molar-refractivity contribution < 1.29 is 15.3 Å². The van der Waals surface area contributed by atoms with Crippen LogP contribution in [0.25, 0.3) is 0 Å². The monoisotopic (exact) mass is 356 g/mol. The number of aliphatic hydroxyl groups excluding tert-OH is 2. The van der Waals surface area contributed by atoms with E-state index in [1.54, 1.807) is 0 Å². The second kappa shape index (κ2) is 5.34. The van der Waals surface area contributed by atoms with Gasteiger partial charge in [0.2, 0.25) is 0 Å². The fourth-order valence-corrected chi connectivity index (χ4v) is 8.04. The summed E-state index contributed by atoms with van der Waals surface area (Å²) >= 11 is 6.64. The zero-order valence-electron chi connectivity index (χ0n) is 15.2. The van der Waals surface area contributed by atoms with Crippen molar-refractivity contribution in [3.63, 3.8) is 0 Å². The van der Waals surface area contributed by atoms with Crippen molar-refractivity contribution in [1.29, 1.82) is 0 Å². The van der Waals surface area contributed by atoms with Gasteiger partial charge in [0.15, 0.2) is 0 Å². The smallest absolute Gasteiger partial charge is 0.0933 e. The van der Waals surface area contributed by atoms with Crippen molar-refractivity contribution in [2.45, 2.75) is 88.9 Å². The maximum Gasteiger partial charge on any atom is 0.0933 e. The van der Waals surface area contributed by atoms with Crippen LogP contribution < -0.4 is 0 Å². The van der Waals surface area contributed by atoms with E-state index in [9.17, 15) is 15.3 Å². The van der Waals surface area contributed by atoms with E-state index < -0.39 is 11.7 Å². The molecule has 0 aromatic carbocycles. The predicted octanol–water partition coefficient (Wildman–Crippen LogP) is 3.33. The Balaban J connectivity index is 1.66. The van der Waals surface area contributed by atoms with E-state index in [-0.39, 0.29) is 22.3 Å². The molecular weight excluding hydrogens is 324 g/mol. The summed E-state index contributed by atoms with van der Waals surface area (Å²) < 4.78 is 0. The first kappa shape index (κ1) is 17.6. The average Bonchev–Trinajstić information content (AvgIpc) is 2.71. The van der Waals surface area contributed by atoms with Gasteiger partial charge in [-0.25, -0.2) is 0 Å². The zero-order chi connectivity index (χ0) is 17.5. The first-order valence-electron chi connectivity index (χ1n) is 9.85. The van der Waals surface area contributed by atoms with Crippen molar-refractivity contribution in [3.05, 3.63) is 0 Å². The first-order chi connectivity index (χ1) is 11.1. The molecule has 4 aliphatic rings. The average molecular weight is 357 g/mol. The minimum absolute atomic E-state index is 0.115. The molecule has 3 nitrogen and oxygen atoms in total. The quantitative estimate of drug-likeness (QED) is 0.583. The van der Waals surface area contributed by atoms with Crippen LogP contribution in [0.3, 0.4) is 0 Å². The van der Waals surface area contributed by atoms with Gasteiger partial charge in [0.1, 0.15) is 0 Å². The van der Waals surface area contributed by atoms with Crippen LogP contribution in [0.15, 0.2) is 0 Å².